The van der Waals surface area contributed by atoms with E-state index in [4.69, 9.17) is 10.5 Å². The summed E-state index contributed by atoms with van der Waals surface area (Å²) in [5.74, 6) is 2.06. The number of benzene rings is 1. The maximum absolute atomic E-state index is 5.75. The van der Waals surface area contributed by atoms with Gasteiger partial charge in [-0.25, -0.2) is 0 Å². The van der Waals surface area contributed by atoms with Crippen LogP contribution in [0.25, 0.3) is 0 Å². The van der Waals surface area contributed by atoms with Crippen LogP contribution in [0.2, 0.25) is 0 Å². The molecular weight excluding hydrogens is 254 g/mol. The standard InChI is InChI=1S/C12H16BrNO/c1-8(7-14)9-5-6-15-12-10(9)3-2-4-11(12)13/h2-4,8-9H,5-7,14H2,1H3. The molecule has 0 spiro atoms. The molecule has 0 aliphatic carbocycles. The average Bonchev–Trinajstić information content (AvgIpc) is 2.28. The summed E-state index contributed by atoms with van der Waals surface area (Å²) in [6.07, 6.45) is 1.07. The van der Waals surface area contributed by atoms with Gasteiger partial charge in [0, 0.05) is 0 Å². The van der Waals surface area contributed by atoms with Crippen LogP contribution in [0.3, 0.4) is 0 Å². The molecule has 0 radical (unpaired) electrons. The Morgan fingerprint density at radius 3 is 3.13 bits per heavy atom. The minimum Gasteiger partial charge on any atom is -0.492 e. The Kier molecular flexibility index (Phi) is 3.32. The molecule has 1 aromatic carbocycles. The second-order valence-corrected chi connectivity index (χ2v) is 4.97. The van der Waals surface area contributed by atoms with Gasteiger partial charge >= 0.3 is 0 Å². The number of hydrogen-bond acceptors (Lipinski definition) is 2. The van der Waals surface area contributed by atoms with Crippen molar-refractivity contribution in [2.45, 2.75) is 19.3 Å². The summed E-state index contributed by atoms with van der Waals surface area (Å²) in [7, 11) is 0. The molecule has 0 amide bonds. The molecule has 1 heterocycles. The lowest BCUT2D eigenvalue weighted by molar-refractivity contribution is 0.242. The Hall–Kier alpha value is -0.540. The van der Waals surface area contributed by atoms with Gasteiger partial charge in [-0.1, -0.05) is 19.1 Å². The molecule has 1 aromatic rings. The van der Waals surface area contributed by atoms with Crippen LogP contribution in [0.4, 0.5) is 0 Å². The normalized spacial score (nSPS) is 21.7. The predicted octanol–water partition coefficient (Wildman–Crippen LogP) is 2.91. The third-order valence-corrected chi connectivity index (χ3v) is 3.76. The van der Waals surface area contributed by atoms with E-state index in [1.807, 2.05) is 6.07 Å². The molecule has 2 N–H and O–H groups in total. The highest BCUT2D eigenvalue weighted by Gasteiger charge is 2.26. The summed E-state index contributed by atoms with van der Waals surface area (Å²) in [6.45, 7) is 3.74. The van der Waals surface area contributed by atoms with E-state index in [2.05, 4.69) is 35.0 Å². The molecule has 1 aliphatic heterocycles. The van der Waals surface area contributed by atoms with Crippen LogP contribution in [0.1, 0.15) is 24.8 Å². The topological polar surface area (TPSA) is 35.2 Å². The van der Waals surface area contributed by atoms with Gasteiger partial charge in [0.15, 0.2) is 0 Å². The zero-order chi connectivity index (χ0) is 10.8. The van der Waals surface area contributed by atoms with Crippen LogP contribution >= 0.6 is 15.9 Å². The fourth-order valence-corrected chi connectivity index (χ4v) is 2.66. The second-order valence-electron chi connectivity index (χ2n) is 4.11. The van der Waals surface area contributed by atoms with Crippen molar-refractivity contribution < 1.29 is 4.74 Å². The first kappa shape index (κ1) is 11.0. The molecule has 0 saturated heterocycles. The molecule has 2 nitrogen and oxygen atoms in total. The Labute approximate surface area is 98.9 Å². The van der Waals surface area contributed by atoms with Crippen molar-refractivity contribution in [3.8, 4) is 5.75 Å². The predicted molar refractivity (Wildman–Crippen MR) is 65.2 cm³/mol. The van der Waals surface area contributed by atoms with E-state index >= 15 is 0 Å². The van der Waals surface area contributed by atoms with E-state index in [-0.39, 0.29) is 0 Å². The largest absolute Gasteiger partial charge is 0.492 e. The maximum Gasteiger partial charge on any atom is 0.136 e. The second kappa shape index (κ2) is 4.54. The fourth-order valence-electron chi connectivity index (χ4n) is 2.17. The smallest absolute Gasteiger partial charge is 0.136 e. The number of nitrogens with two attached hydrogens (primary N) is 1. The van der Waals surface area contributed by atoms with Crippen LogP contribution < -0.4 is 10.5 Å². The minimum atomic E-state index is 0.516. The molecule has 0 aromatic heterocycles. The summed E-state index contributed by atoms with van der Waals surface area (Å²) in [5.41, 5.74) is 7.05. The maximum atomic E-state index is 5.75. The number of halogens is 1. The molecule has 3 heteroatoms. The first-order valence-corrected chi connectivity index (χ1v) is 6.14. The minimum absolute atomic E-state index is 0.516. The van der Waals surface area contributed by atoms with Crippen molar-refractivity contribution in [1.29, 1.82) is 0 Å². The summed E-state index contributed by atoms with van der Waals surface area (Å²) in [6, 6.07) is 6.23. The van der Waals surface area contributed by atoms with Gasteiger partial charge in [0.1, 0.15) is 5.75 Å². The van der Waals surface area contributed by atoms with E-state index in [9.17, 15) is 0 Å². The zero-order valence-corrected chi connectivity index (χ0v) is 10.5. The van der Waals surface area contributed by atoms with Crippen LogP contribution in [0.5, 0.6) is 5.75 Å². The van der Waals surface area contributed by atoms with Crippen LogP contribution in [-0.4, -0.2) is 13.2 Å². The Morgan fingerprint density at radius 1 is 1.60 bits per heavy atom. The zero-order valence-electron chi connectivity index (χ0n) is 8.87. The average molecular weight is 270 g/mol. The molecule has 82 valence electrons. The van der Waals surface area contributed by atoms with E-state index in [1.54, 1.807) is 0 Å². The highest BCUT2D eigenvalue weighted by Crippen LogP contribution is 2.41. The molecule has 2 unspecified atom stereocenters. The van der Waals surface area contributed by atoms with Gasteiger partial charge in [-0.15, -0.1) is 0 Å². The highest BCUT2D eigenvalue weighted by molar-refractivity contribution is 9.10. The van der Waals surface area contributed by atoms with Gasteiger partial charge < -0.3 is 10.5 Å². The number of rotatable bonds is 2. The van der Waals surface area contributed by atoms with Gasteiger partial charge in [-0.05, 0) is 52.4 Å². The van der Waals surface area contributed by atoms with Crippen molar-refractivity contribution in [2.75, 3.05) is 13.2 Å². The Morgan fingerprint density at radius 2 is 2.40 bits per heavy atom. The Balaban J connectivity index is 2.38. The van der Waals surface area contributed by atoms with Crippen LogP contribution in [0.15, 0.2) is 22.7 Å². The summed E-state index contributed by atoms with van der Waals surface area (Å²) in [4.78, 5) is 0. The van der Waals surface area contributed by atoms with E-state index in [0.717, 1.165) is 29.8 Å². The SMILES string of the molecule is CC(CN)C1CCOc2c(Br)cccc21. The van der Waals surface area contributed by atoms with Crippen molar-refractivity contribution >= 4 is 15.9 Å². The lowest BCUT2D eigenvalue weighted by Crippen LogP contribution is -2.24. The van der Waals surface area contributed by atoms with E-state index < -0.39 is 0 Å². The van der Waals surface area contributed by atoms with Gasteiger partial charge in [-0.2, -0.15) is 0 Å². The van der Waals surface area contributed by atoms with Gasteiger partial charge in [0.05, 0.1) is 11.1 Å². The van der Waals surface area contributed by atoms with Crippen LogP contribution in [0, 0.1) is 5.92 Å². The number of para-hydroxylation sites is 1. The summed E-state index contributed by atoms with van der Waals surface area (Å²) in [5, 5.41) is 0. The van der Waals surface area contributed by atoms with E-state index in [0.29, 0.717) is 11.8 Å². The monoisotopic (exact) mass is 269 g/mol. The fraction of sp³-hybridized carbons (Fsp3) is 0.500. The molecule has 0 bridgehead atoms. The van der Waals surface area contributed by atoms with Crippen molar-refractivity contribution in [3.05, 3.63) is 28.2 Å². The quantitative estimate of drug-likeness (QED) is 0.896. The van der Waals surface area contributed by atoms with Gasteiger partial charge in [0.25, 0.3) is 0 Å². The lowest BCUT2D eigenvalue weighted by Gasteiger charge is -2.30. The van der Waals surface area contributed by atoms with E-state index in [1.165, 1.54) is 5.56 Å². The molecule has 15 heavy (non-hydrogen) atoms. The Bertz CT molecular complexity index is 353. The number of ether oxygens (including phenoxy) is 1. The first-order chi connectivity index (χ1) is 7.24. The van der Waals surface area contributed by atoms with Crippen molar-refractivity contribution in [2.24, 2.45) is 11.7 Å². The number of fused-ring (bicyclic) bond motifs is 1. The van der Waals surface area contributed by atoms with Gasteiger partial charge in [-0.3, -0.25) is 0 Å². The molecular formula is C12H16BrNO. The summed E-state index contributed by atoms with van der Waals surface area (Å²) >= 11 is 3.52. The molecule has 0 fully saturated rings. The van der Waals surface area contributed by atoms with Gasteiger partial charge in [0.2, 0.25) is 0 Å². The van der Waals surface area contributed by atoms with Crippen LogP contribution in [-0.2, 0) is 0 Å². The first-order valence-electron chi connectivity index (χ1n) is 5.35. The molecule has 2 rings (SSSR count). The van der Waals surface area contributed by atoms with Crippen molar-refractivity contribution in [3.63, 3.8) is 0 Å². The number of hydrogen-bond donors (Lipinski definition) is 1. The summed E-state index contributed by atoms with van der Waals surface area (Å²) < 4.78 is 6.74. The third-order valence-electron chi connectivity index (χ3n) is 3.13. The third kappa shape index (κ3) is 2.04. The molecule has 0 saturated carbocycles. The lowest BCUT2D eigenvalue weighted by atomic mass is 9.83. The molecule has 2 atom stereocenters. The highest BCUT2D eigenvalue weighted by atomic mass is 79.9. The van der Waals surface area contributed by atoms with Crippen molar-refractivity contribution in [1.82, 2.24) is 0 Å². The molecule has 1 aliphatic rings.